The lowest BCUT2D eigenvalue weighted by Crippen LogP contribution is -2.41. The van der Waals surface area contributed by atoms with E-state index < -0.39 is 42.5 Å². The number of benzene rings is 1. The Bertz CT molecular complexity index is 853. The summed E-state index contributed by atoms with van der Waals surface area (Å²) in [4.78, 5) is -0.665. The maximum atomic E-state index is 12.9. The number of sulfonamides is 1. The maximum absolute atomic E-state index is 12.9. The molecule has 2 rings (SSSR count). The molecule has 1 heterocycles. The van der Waals surface area contributed by atoms with Gasteiger partial charge in [-0.15, -0.1) is 0 Å². The zero-order valence-corrected chi connectivity index (χ0v) is 15.6. The van der Waals surface area contributed by atoms with Crippen molar-refractivity contribution < 1.29 is 30.0 Å². The molecule has 0 saturated carbocycles. The Hall–Kier alpha value is -0.840. The first-order valence-electron chi connectivity index (χ1n) is 7.47. The molecule has 1 aromatic carbocycles. The van der Waals surface area contributed by atoms with Gasteiger partial charge in [-0.3, -0.25) is 0 Å². The summed E-state index contributed by atoms with van der Waals surface area (Å²) in [6, 6.07) is 1.27. The number of alkyl halides is 3. The van der Waals surface area contributed by atoms with E-state index in [4.69, 9.17) is 11.6 Å². The van der Waals surface area contributed by atoms with E-state index in [0.717, 1.165) is 10.4 Å². The molecule has 1 atom stereocenters. The highest BCUT2D eigenvalue weighted by atomic mass is 35.5. The average molecular weight is 420 g/mol. The highest BCUT2D eigenvalue weighted by molar-refractivity contribution is 7.92. The molecule has 0 aromatic heterocycles. The van der Waals surface area contributed by atoms with Crippen molar-refractivity contribution in [1.29, 1.82) is 0 Å². The van der Waals surface area contributed by atoms with Crippen LogP contribution in [-0.4, -0.2) is 45.2 Å². The van der Waals surface area contributed by atoms with E-state index >= 15 is 0 Å². The van der Waals surface area contributed by atoms with Crippen LogP contribution in [0, 0.1) is 0 Å². The van der Waals surface area contributed by atoms with Crippen LogP contribution < -0.4 is 0 Å². The molecule has 1 saturated heterocycles. The van der Waals surface area contributed by atoms with Crippen LogP contribution in [0.1, 0.15) is 25.3 Å². The normalized spacial score (nSPS) is 21.0. The second-order valence-electron chi connectivity index (χ2n) is 5.82. The number of hydrogen-bond donors (Lipinski definition) is 0. The van der Waals surface area contributed by atoms with Crippen molar-refractivity contribution in [1.82, 2.24) is 4.31 Å². The van der Waals surface area contributed by atoms with Crippen molar-refractivity contribution in [2.45, 2.75) is 36.9 Å². The topological polar surface area (TPSA) is 71.5 Å². The van der Waals surface area contributed by atoms with Crippen molar-refractivity contribution in [3.8, 4) is 0 Å². The Labute approximate surface area is 149 Å². The first-order chi connectivity index (χ1) is 11.4. The second kappa shape index (κ2) is 7.05. The van der Waals surface area contributed by atoms with Gasteiger partial charge in [0.05, 0.1) is 22.1 Å². The number of rotatable bonds is 5. The van der Waals surface area contributed by atoms with Gasteiger partial charge in [0.15, 0.2) is 9.84 Å². The molecule has 1 aliphatic rings. The lowest BCUT2D eigenvalue weighted by Gasteiger charge is -2.27. The SMILES string of the molecule is CCCN(C1CCS(=O)(=O)C1)S(=O)(=O)c1cc(C(F)(F)F)ccc1Cl. The minimum absolute atomic E-state index is 0.00487. The predicted octanol–water partition coefficient (Wildman–Crippen LogP) is 2.95. The number of sulfone groups is 1. The van der Waals surface area contributed by atoms with Gasteiger partial charge in [0, 0.05) is 12.6 Å². The predicted molar refractivity (Wildman–Crippen MR) is 87.7 cm³/mol. The highest BCUT2D eigenvalue weighted by Gasteiger charge is 2.40. The summed E-state index contributed by atoms with van der Waals surface area (Å²) >= 11 is 5.85. The van der Waals surface area contributed by atoms with Crippen LogP contribution in [0.2, 0.25) is 5.02 Å². The second-order valence-corrected chi connectivity index (χ2v) is 10.3. The molecular formula is C14H17ClF3NO4S2. The molecule has 1 fully saturated rings. The Balaban J connectivity index is 2.51. The average Bonchev–Trinajstić information content (AvgIpc) is 2.83. The smallest absolute Gasteiger partial charge is 0.229 e. The standard InChI is InChI=1S/C14H17ClF3NO4S2/c1-2-6-19(11-5-7-24(20,21)9-11)25(22,23)13-8-10(14(16,17)18)3-4-12(13)15/h3-4,8,11H,2,5-7,9H2,1H3. The molecule has 142 valence electrons. The molecule has 11 heteroatoms. The van der Waals surface area contributed by atoms with Gasteiger partial charge < -0.3 is 0 Å². The maximum Gasteiger partial charge on any atom is 0.416 e. The van der Waals surface area contributed by atoms with E-state index in [1.54, 1.807) is 6.92 Å². The zero-order chi connectivity index (χ0) is 19.0. The monoisotopic (exact) mass is 419 g/mol. The van der Waals surface area contributed by atoms with Gasteiger partial charge in [0.1, 0.15) is 4.90 Å². The summed E-state index contributed by atoms with van der Waals surface area (Å²) in [5.74, 6) is -0.494. The van der Waals surface area contributed by atoms with Crippen molar-refractivity contribution in [3.05, 3.63) is 28.8 Å². The summed E-state index contributed by atoms with van der Waals surface area (Å²) in [5.41, 5.74) is -1.13. The molecule has 1 aromatic rings. The van der Waals surface area contributed by atoms with Gasteiger partial charge in [-0.2, -0.15) is 17.5 Å². The van der Waals surface area contributed by atoms with Gasteiger partial charge in [0.25, 0.3) is 0 Å². The largest absolute Gasteiger partial charge is 0.416 e. The van der Waals surface area contributed by atoms with Crippen molar-refractivity contribution in [3.63, 3.8) is 0 Å². The Morgan fingerprint density at radius 3 is 2.44 bits per heavy atom. The minimum atomic E-state index is -4.72. The molecule has 1 aliphatic heterocycles. The van der Waals surface area contributed by atoms with Crippen LogP contribution in [0.4, 0.5) is 13.2 Å². The molecule has 25 heavy (non-hydrogen) atoms. The molecule has 0 aliphatic carbocycles. The van der Waals surface area contributed by atoms with Crippen LogP contribution in [0.25, 0.3) is 0 Å². The van der Waals surface area contributed by atoms with Crippen molar-refractivity contribution >= 4 is 31.5 Å². The van der Waals surface area contributed by atoms with E-state index in [1.807, 2.05) is 0 Å². The van der Waals surface area contributed by atoms with E-state index in [1.165, 1.54) is 0 Å². The Morgan fingerprint density at radius 1 is 1.32 bits per heavy atom. The van der Waals surface area contributed by atoms with Crippen LogP contribution >= 0.6 is 11.6 Å². The molecule has 1 unspecified atom stereocenters. The number of nitrogens with zero attached hydrogens (tertiary/aromatic N) is 1. The van der Waals surface area contributed by atoms with Gasteiger partial charge in [-0.1, -0.05) is 18.5 Å². The lowest BCUT2D eigenvalue weighted by molar-refractivity contribution is -0.137. The fraction of sp³-hybridized carbons (Fsp3) is 0.571. The minimum Gasteiger partial charge on any atom is -0.229 e. The van der Waals surface area contributed by atoms with Crippen LogP contribution in [0.15, 0.2) is 23.1 Å². The lowest BCUT2D eigenvalue weighted by atomic mass is 10.2. The summed E-state index contributed by atoms with van der Waals surface area (Å²) < 4.78 is 88.8. The van der Waals surface area contributed by atoms with E-state index in [9.17, 15) is 30.0 Å². The van der Waals surface area contributed by atoms with Crippen LogP contribution in [0.3, 0.4) is 0 Å². The van der Waals surface area contributed by atoms with Gasteiger partial charge in [-0.05, 0) is 31.0 Å². The van der Waals surface area contributed by atoms with E-state index in [-0.39, 0.29) is 29.5 Å². The Kier molecular flexibility index (Phi) is 5.77. The summed E-state index contributed by atoms with van der Waals surface area (Å²) in [6.45, 7) is 1.69. The number of halogens is 4. The molecule has 0 N–H and O–H groups in total. The molecular weight excluding hydrogens is 403 g/mol. The molecule has 5 nitrogen and oxygen atoms in total. The van der Waals surface area contributed by atoms with Gasteiger partial charge in [0.2, 0.25) is 10.0 Å². The molecule has 0 amide bonds. The fourth-order valence-corrected chi connectivity index (χ4v) is 6.80. The third-order valence-electron chi connectivity index (χ3n) is 3.90. The van der Waals surface area contributed by atoms with Gasteiger partial charge >= 0.3 is 6.18 Å². The molecule has 0 bridgehead atoms. The third kappa shape index (κ3) is 4.47. The molecule has 0 radical (unpaired) electrons. The third-order valence-corrected chi connectivity index (χ3v) is 8.09. The fourth-order valence-electron chi connectivity index (χ4n) is 2.73. The van der Waals surface area contributed by atoms with E-state index in [2.05, 4.69) is 0 Å². The summed E-state index contributed by atoms with van der Waals surface area (Å²) in [7, 11) is -7.74. The summed E-state index contributed by atoms with van der Waals surface area (Å²) in [6.07, 6.45) is -4.23. The van der Waals surface area contributed by atoms with Crippen LogP contribution in [0.5, 0.6) is 0 Å². The van der Waals surface area contributed by atoms with Crippen LogP contribution in [-0.2, 0) is 26.0 Å². The van der Waals surface area contributed by atoms with Crippen molar-refractivity contribution in [2.75, 3.05) is 18.1 Å². The zero-order valence-electron chi connectivity index (χ0n) is 13.3. The highest BCUT2D eigenvalue weighted by Crippen LogP contribution is 2.35. The first kappa shape index (κ1) is 20.5. The Morgan fingerprint density at radius 2 is 1.96 bits per heavy atom. The van der Waals surface area contributed by atoms with Gasteiger partial charge in [-0.25, -0.2) is 16.8 Å². The van der Waals surface area contributed by atoms with E-state index in [0.29, 0.717) is 18.6 Å². The first-order valence-corrected chi connectivity index (χ1v) is 11.1. The molecule has 0 spiro atoms. The quantitative estimate of drug-likeness (QED) is 0.735. The van der Waals surface area contributed by atoms with Crippen molar-refractivity contribution in [2.24, 2.45) is 0 Å². The number of hydrogen-bond acceptors (Lipinski definition) is 4. The summed E-state index contributed by atoms with van der Waals surface area (Å²) in [5, 5.41) is -0.338.